The van der Waals surface area contributed by atoms with E-state index < -0.39 is 0 Å². The van der Waals surface area contributed by atoms with Gasteiger partial charge in [-0.15, -0.1) is 0 Å². The maximum absolute atomic E-state index is 12.9. The normalized spacial score (nSPS) is 12.5. The number of pyridine rings is 1. The molecule has 0 amide bonds. The quantitative estimate of drug-likeness (QED) is 0.522. The molecule has 1 heterocycles. The van der Waals surface area contributed by atoms with Crippen LogP contribution in [0.4, 0.5) is 4.39 Å². The number of nitrogens with zero attached hydrogens (tertiary/aromatic N) is 1. The van der Waals surface area contributed by atoms with Crippen LogP contribution >= 0.6 is 0 Å². The lowest BCUT2D eigenvalue weighted by Gasteiger charge is -2.17. The van der Waals surface area contributed by atoms with Crippen molar-refractivity contribution >= 4 is 0 Å². The first-order valence-corrected chi connectivity index (χ1v) is 8.62. The van der Waals surface area contributed by atoms with Crippen LogP contribution in [0.2, 0.25) is 0 Å². The summed E-state index contributed by atoms with van der Waals surface area (Å²) < 4.78 is 12.9. The largest absolute Gasteiger partial charge is 0.309 e. The molecule has 0 fully saturated rings. The van der Waals surface area contributed by atoms with E-state index in [0.717, 1.165) is 18.7 Å². The molecule has 1 N–H and O–H groups in total. The molecule has 2 nitrogen and oxygen atoms in total. The molecule has 0 radical (unpaired) electrons. The summed E-state index contributed by atoms with van der Waals surface area (Å²) in [5.74, 6) is -0.263. The molecule has 1 rings (SSSR count). The first-order valence-electron chi connectivity index (χ1n) is 8.62. The second-order valence-corrected chi connectivity index (χ2v) is 5.78. The molecule has 1 aromatic rings. The van der Waals surface area contributed by atoms with Gasteiger partial charge in [-0.05, 0) is 25.1 Å². The molecule has 1 unspecified atom stereocenters. The molecule has 1 aromatic heterocycles. The van der Waals surface area contributed by atoms with E-state index in [1.165, 1.54) is 63.6 Å². The van der Waals surface area contributed by atoms with Crippen LogP contribution in [0.1, 0.15) is 83.4 Å². The predicted octanol–water partition coefficient (Wildman–Crippen LogP) is 5.40. The molecule has 0 bridgehead atoms. The summed E-state index contributed by atoms with van der Waals surface area (Å²) in [5, 5.41) is 3.45. The van der Waals surface area contributed by atoms with Gasteiger partial charge >= 0.3 is 0 Å². The van der Waals surface area contributed by atoms with E-state index >= 15 is 0 Å². The van der Waals surface area contributed by atoms with Gasteiger partial charge in [-0.25, -0.2) is 4.39 Å². The van der Waals surface area contributed by atoms with Crippen molar-refractivity contribution in [2.75, 3.05) is 6.54 Å². The van der Waals surface area contributed by atoms with Gasteiger partial charge in [0.2, 0.25) is 0 Å². The van der Waals surface area contributed by atoms with E-state index in [2.05, 4.69) is 24.1 Å². The van der Waals surface area contributed by atoms with Crippen molar-refractivity contribution in [2.45, 2.75) is 77.7 Å². The van der Waals surface area contributed by atoms with Gasteiger partial charge in [-0.3, -0.25) is 4.98 Å². The lowest BCUT2D eigenvalue weighted by atomic mass is 10.0. The maximum Gasteiger partial charge on any atom is 0.141 e. The summed E-state index contributed by atoms with van der Waals surface area (Å²) in [6, 6.07) is 3.56. The molecule has 0 saturated heterocycles. The van der Waals surface area contributed by atoms with Gasteiger partial charge < -0.3 is 5.32 Å². The minimum atomic E-state index is -0.263. The average Bonchev–Trinajstić information content (AvgIpc) is 2.50. The van der Waals surface area contributed by atoms with Crippen LogP contribution in [-0.2, 0) is 0 Å². The Morgan fingerprint density at radius 2 is 1.67 bits per heavy atom. The molecule has 0 aliphatic carbocycles. The Balaban J connectivity index is 2.21. The van der Waals surface area contributed by atoms with Crippen molar-refractivity contribution in [3.63, 3.8) is 0 Å². The van der Waals surface area contributed by atoms with Gasteiger partial charge in [-0.2, -0.15) is 0 Å². The van der Waals surface area contributed by atoms with Crippen molar-refractivity contribution < 1.29 is 4.39 Å². The Bertz CT molecular complexity index is 351. The number of hydrogen-bond donors (Lipinski definition) is 1. The summed E-state index contributed by atoms with van der Waals surface area (Å²) in [4.78, 5) is 4.21. The van der Waals surface area contributed by atoms with Crippen molar-refractivity contribution in [3.05, 3.63) is 29.8 Å². The highest BCUT2D eigenvalue weighted by Gasteiger charge is 2.11. The molecular weight excluding hydrogens is 263 g/mol. The second kappa shape index (κ2) is 11.7. The van der Waals surface area contributed by atoms with Crippen LogP contribution in [0.25, 0.3) is 0 Å². The van der Waals surface area contributed by atoms with Gasteiger partial charge in [0.05, 0.1) is 11.9 Å². The van der Waals surface area contributed by atoms with Crippen molar-refractivity contribution in [3.8, 4) is 0 Å². The second-order valence-electron chi connectivity index (χ2n) is 5.78. The summed E-state index contributed by atoms with van der Waals surface area (Å²) in [6.07, 6.45) is 13.0. The summed E-state index contributed by atoms with van der Waals surface area (Å²) in [7, 11) is 0. The van der Waals surface area contributed by atoms with Gasteiger partial charge in [0.1, 0.15) is 5.82 Å². The highest BCUT2D eigenvalue weighted by molar-refractivity contribution is 5.09. The number of nitrogens with one attached hydrogen (secondary N) is 1. The zero-order valence-corrected chi connectivity index (χ0v) is 13.7. The number of rotatable bonds is 12. The fourth-order valence-electron chi connectivity index (χ4n) is 2.68. The highest BCUT2D eigenvalue weighted by atomic mass is 19.1. The van der Waals surface area contributed by atoms with Gasteiger partial charge in [-0.1, -0.05) is 65.2 Å². The van der Waals surface area contributed by atoms with Crippen LogP contribution < -0.4 is 5.32 Å². The van der Waals surface area contributed by atoms with Crippen LogP contribution in [-0.4, -0.2) is 11.5 Å². The number of unbranched alkanes of at least 4 members (excludes halogenated alkanes) is 7. The lowest BCUT2D eigenvalue weighted by Crippen LogP contribution is -2.21. The minimum Gasteiger partial charge on any atom is -0.309 e. The predicted molar refractivity (Wildman–Crippen MR) is 87.8 cm³/mol. The van der Waals surface area contributed by atoms with Crippen LogP contribution in [0.5, 0.6) is 0 Å². The Morgan fingerprint density at radius 1 is 1.00 bits per heavy atom. The van der Waals surface area contributed by atoms with Crippen LogP contribution in [0, 0.1) is 5.82 Å². The molecule has 0 aromatic carbocycles. The van der Waals surface area contributed by atoms with E-state index in [0.29, 0.717) is 0 Å². The van der Waals surface area contributed by atoms with E-state index in [4.69, 9.17) is 0 Å². The Morgan fingerprint density at radius 3 is 2.24 bits per heavy atom. The molecule has 3 heteroatoms. The third kappa shape index (κ3) is 8.15. The van der Waals surface area contributed by atoms with E-state index in [1.807, 2.05) is 0 Å². The number of aromatic nitrogens is 1. The Kier molecular flexibility index (Phi) is 10.1. The average molecular weight is 294 g/mol. The molecule has 21 heavy (non-hydrogen) atoms. The maximum atomic E-state index is 12.9. The molecule has 1 atom stereocenters. The molecule has 0 saturated carbocycles. The SMILES string of the molecule is CCCCCCCCCCC(NCC)c1ccc(F)cn1. The first-order chi connectivity index (χ1) is 10.3. The standard InChI is InChI=1S/C18H31FN2/c1-3-5-6-7-8-9-10-11-12-17(20-4-2)18-14-13-16(19)15-21-18/h13-15,17,20H,3-12H2,1-2H3. The van der Waals surface area contributed by atoms with Crippen LogP contribution in [0.3, 0.4) is 0 Å². The van der Waals surface area contributed by atoms with Crippen molar-refractivity contribution in [2.24, 2.45) is 0 Å². The zero-order chi connectivity index (χ0) is 15.3. The van der Waals surface area contributed by atoms with E-state index in [9.17, 15) is 4.39 Å². The molecule has 0 aliphatic heterocycles. The fourth-order valence-corrected chi connectivity index (χ4v) is 2.68. The van der Waals surface area contributed by atoms with Crippen LogP contribution in [0.15, 0.2) is 18.3 Å². The van der Waals surface area contributed by atoms with Crippen molar-refractivity contribution in [1.29, 1.82) is 0 Å². The summed E-state index contributed by atoms with van der Waals surface area (Å²) in [5.41, 5.74) is 0.959. The Labute approximate surface area is 129 Å². The fraction of sp³-hybridized carbons (Fsp3) is 0.722. The molecular formula is C18H31FN2. The smallest absolute Gasteiger partial charge is 0.141 e. The molecule has 0 spiro atoms. The van der Waals surface area contributed by atoms with Gasteiger partial charge in [0, 0.05) is 6.04 Å². The lowest BCUT2D eigenvalue weighted by molar-refractivity contribution is 0.465. The highest BCUT2D eigenvalue weighted by Crippen LogP contribution is 2.19. The number of halogens is 1. The molecule has 120 valence electrons. The van der Waals surface area contributed by atoms with E-state index in [1.54, 1.807) is 6.07 Å². The summed E-state index contributed by atoms with van der Waals surface area (Å²) in [6.45, 7) is 5.27. The first kappa shape index (κ1) is 18.1. The van der Waals surface area contributed by atoms with E-state index in [-0.39, 0.29) is 11.9 Å². The third-order valence-corrected chi connectivity index (χ3v) is 3.90. The minimum absolute atomic E-state index is 0.260. The topological polar surface area (TPSA) is 24.9 Å². The summed E-state index contributed by atoms with van der Waals surface area (Å²) >= 11 is 0. The monoisotopic (exact) mass is 294 g/mol. The molecule has 0 aliphatic rings. The van der Waals surface area contributed by atoms with Crippen molar-refractivity contribution in [1.82, 2.24) is 10.3 Å². The third-order valence-electron chi connectivity index (χ3n) is 3.90. The van der Waals surface area contributed by atoms with Gasteiger partial charge in [0.25, 0.3) is 0 Å². The zero-order valence-electron chi connectivity index (χ0n) is 13.7. The van der Waals surface area contributed by atoms with Gasteiger partial charge in [0.15, 0.2) is 0 Å². The number of hydrogen-bond acceptors (Lipinski definition) is 2. The Hall–Kier alpha value is -0.960.